The average molecular weight is 369 g/mol. The predicted octanol–water partition coefficient (Wildman–Crippen LogP) is 4.03. The van der Waals surface area contributed by atoms with Crippen molar-refractivity contribution in [2.24, 2.45) is 0 Å². The Kier molecular flexibility index (Phi) is 4.83. The number of nitrogens with one attached hydrogen (secondary N) is 1. The summed E-state index contributed by atoms with van der Waals surface area (Å²) < 4.78 is 25.8. The number of fused-ring (bicyclic) bond motifs is 1. The van der Waals surface area contributed by atoms with Crippen molar-refractivity contribution in [3.8, 4) is 0 Å². The Morgan fingerprint density at radius 3 is 2.50 bits per heavy atom. The lowest BCUT2D eigenvalue weighted by molar-refractivity contribution is 0.231. The van der Waals surface area contributed by atoms with E-state index in [1.54, 1.807) is 30.5 Å². The fourth-order valence-corrected chi connectivity index (χ4v) is 5.17. The van der Waals surface area contributed by atoms with Crippen molar-refractivity contribution in [1.29, 1.82) is 0 Å². The fourth-order valence-electron chi connectivity index (χ4n) is 3.72. The fraction of sp³-hybridized carbons (Fsp3) is 0.333. The highest BCUT2D eigenvalue weighted by Crippen LogP contribution is 2.29. The molecule has 0 spiro atoms. The van der Waals surface area contributed by atoms with Crippen LogP contribution in [0.15, 0.2) is 64.5 Å². The van der Waals surface area contributed by atoms with E-state index in [0.29, 0.717) is 9.79 Å². The molecular formula is C21H24N2O2S. The molecule has 0 radical (unpaired) electrons. The van der Waals surface area contributed by atoms with E-state index in [4.69, 9.17) is 0 Å². The Hall–Kier alpha value is -2.11. The first-order valence-electron chi connectivity index (χ1n) is 9.27. The number of rotatable bonds is 5. The number of nitrogens with zero attached hydrogens (tertiary/aromatic N) is 1. The minimum Gasteiger partial charge on any atom is -0.360 e. The van der Waals surface area contributed by atoms with Gasteiger partial charge >= 0.3 is 0 Å². The Bertz CT molecular complexity index is 987. The molecule has 5 heteroatoms. The summed E-state index contributed by atoms with van der Waals surface area (Å²) in [6.45, 7) is 3.47. The number of piperidine rings is 1. The lowest BCUT2D eigenvalue weighted by Gasteiger charge is -2.26. The Morgan fingerprint density at radius 2 is 1.73 bits per heavy atom. The summed E-state index contributed by atoms with van der Waals surface area (Å²) in [5.74, 6) is 0. The van der Waals surface area contributed by atoms with Crippen molar-refractivity contribution in [2.45, 2.75) is 35.5 Å². The van der Waals surface area contributed by atoms with Crippen LogP contribution in [0.5, 0.6) is 0 Å². The van der Waals surface area contributed by atoms with Gasteiger partial charge in [0.25, 0.3) is 0 Å². The number of hydrogen-bond acceptors (Lipinski definition) is 3. The Labute approximate surface area is 154 Å². The monoisotopic (exact) mass is 368 g/mol. The normalized spacial score (nSPS) is 16.2. The highest BCUT2D eigenvalue weighted by Gasteiger charge is 2.21. The molecule has 26 heavy (non-hydrogen) atoms. The highest BCUT2D eigenvalue weighted by atomic mass is 32.2. The summed E-state index contributed by atoms with van der Waals surface area (Å²) in [6, 6.07) is 14.7. The van der Waals surface area contributed by atoms with Crippen LogP contribution >= 0.6 is 0 Å². The van der Waals surface area contributed by atoms with Crippen molar-refractivity contribution in [3.63, 3.8) is 0 Å². The van der Waals surface area contributed by atoms with Crippen molar-refractivity contribution in [2.75, 3.05) is 19.6 Å². The smallest absolute Gasteiger partial charge is 0.208 e. The zero-order valence-corrected chi connectivity index (χ0v) is 15.6. The van der Waals surface area contributed by atoms with Crippen molar-refractivity contribution in [1.82, 2.24) is 9.88 Å². The number of benzene rings is 2. The quantitative estimate of drug-likeness (QED) is 0.740. The molecule has 1 saturated heterocycles. The lowest BCUT2D eigenvalue weighted by atomic mass is 10.1. The molecule has 1 aromatic heterocycles. The third-order valence-electron chi connectivity index (χ3n) is 5.22. The molecule has 0 bridgehead atoms. The van der Waals surface area contributed by atoms with E-state index in [-0.39, 0.29) is 0 Å². The zero-order chi connectivity index (χ0) is 18.0. The average Bonchev–Trinajstić information content (AvgIpc) is 3.12. The summed E-state index contributed by atoms with van der Waals surface area (Å²) >= 11 is 0. The van der Waals surface area contributed by atoms with Crippen LogP contribution in [0.1, 0.15) is 24.8 Å². The van der Waals surface area contributed by atoms with Gasteiger partial charge in [-0.05, 0) is 56.1 Å². The third-order valence-corrected chi connectivity index (χ3v) is 7.03. The molecule has 1 N–H and O–H groups in total. The highest BCUT2D eigenvalue weighted by molar-refractivity contribution is 7.91. The maximum absolute atomic E-state index is 12.9. The number of H-pyrrole nitrogens is 1. The van der Waals surface area contributed by atoms with Gasteiger partial charge in [-0.15, -0.1) is 0 Å². The van der Waals surface area contributed by atoms with Gasteiger partial charge in [0.1, 0.15) is 0 Å². The first-order chi connectivity index (χ1) is 12.6. The molecule has 4 nitrogen and oxygen atoms in total. The number of likely N-dealkylation sites (tertiary alicyclic amines) is 1. The van der Waals surface area contributed by atoms with E-state index >= 15 is 0 Å². The van der Waals surface area contributed by atoms with Crippen LogP contribution in [0.3, 0.4) is 0 Å². The first-order valence-corrected chi connectivity index (χ1v) is 10.8. The van der Waals surface area contributed by atoms with Crippen LogP contribution in [0, 0.1) is 0 Å². The summed E-state index contributed by atoms with van der Waals surface area (Å²) in [5.41, 5.74) is 2.13. The summed E-state index contributed by atoms with van der Waals surface area (Å²) in [7, 11) is -3.50. The molecule has 1 aliphatic heterocycles. The summed E-state index contributed by atoms with van der Waals surface area (Å²) in [4.78, 5) is 6.35. The molecule has 4 rings (SSSR count). The van der Waals surface area contributed by atoms with Gasteiger partial charge in [-0.25, -0.2) is 8.42 Å². The number of sulfone groups is 1. The van der Waals surface area contributed by atoms with E-state index < -0.39 is 9.84 Å². The molecule has 3 aromatic rings. The maximum Gasteiger partial charge on any atom is 0.208 e. The van der Waals surface area contributed by atoms with Gasteiger partial charge in [-0.1, -0.05) is 36.8 Å². The molecule has 1 fully saturated rings. The van der Waals surface area contributed by atoms with E-state index in [0.717, 1.165) is 23.9 Å². The Morgan fingerprint density at radius 1 is 0.962 bits per heavy atom. The van der Waals surface area contributed by atoms with Crippen molar-refractivity contribution in [3.05, 3.63) is 60.3 Å². The van der Waals surface area contributed by atoms with Gasteiger partial charge in [0.15, 0.2) is 0 Å². The van der Waals surface area contributed by atoms with Gasteiger partial charge < -0.3 is 9.88 Å². The number of aromatic nitrogens is 1. The zero-order valence-electron chi connectivity index (χ0n) is 14.8. The van der Waals surface area contributed by atoms with Gasteiger partial charge in [-0.3, -0.25) is 0 Å². The molecule has 0 amide bonds. The predicted molar refractivity (Wildman–Crippen MR) is 104 cm³/mol. The molecule has 2 heterocycles. The number of hydrogen-bond donors (Lipinski definition) is 1. The summed E-state index contributed by atoms with van der Waals surface area (Å²) in [5, 5.41) is 0.760. The molecule has 136 valence electrons. The van der Waals surface area contributed by atoms with Crippen molar-refractivity contribution >= 4 is 20.7 Å². The minimum atomic E-state index is -3.50. The van der Waals surface area contributed by atoms with Gasteiger partial charge in [0.05, 0.1) is 9.79 Å². The molecule has 0 aliphatic carbocycles. The molecule has 1 aliphatic rings. The topological polar surface area (TPSA) is 53.2 Å². The van der Waals surface area contributed by atoms with Crippen LogP contribution in [0.4, 0.5) is 0 Å². The Balaban J connectivity index is 1.57. The van der Waals surface area contributed by atoms with Crippen molar-refractivity contribution < 1.29 is 8.42 Å². The summed E-state index contributed by atoms with van der Waals surface area (Å²) in [6.07, 6.45) is 6.56. The van der Waals surface area contributed by atoms with Gasteiger partial charge in [0, 0.05) is 23.6 Å². The van der Waals surface area contributed by atoms with Gasteiger partial charge in [0.2, 0.25) is 9.84 Å². The van der Waals surface area contributed by atoms with E-state index in [2.05, 4.69) is 22.0 Å². The minimum absolute atomic E-state index is 0.329. The van der Waals surface area contributed by atoms with E-state index in [9.17, 15) is 8.42 Å². The second-order valence-electron chi connectivity index (χ2n) is 7.00. The maximum atomic E-state index is 12.9. The second kappa shape index (κ2) is 7.25. The van der Waals surface area contributed by atoms with Crippen LogP contribution in [-0.2, 0) is 16.3 Å². The standard InChI is InChI=1S/C21H24N2O2S/c24-26(25,18-7-3-1-4-8-18)21-16-22-20-15-17(9-10-19(20)21)11-14-23-12-5-2-6-13-23/h1,3-4,7-10,15-16,22H,2,5-6,11-14H2. The molecule has 0 unspecified atom stereocenters. The van der Waals surface area contributed by atoms with E-state index in [1.165, 1.54) is 37.9 Å². The largest absolute Gasteiger partial charge is 0.360 e. The molecular weight excluding hydrogens is 344 g/mol. The third kappa shape index (κ3) is 3.41. The van der Waals surface area contributed by atoms with Crippen LogP contribution in [-0.4, -0.2) is 37.9 Å². The molecule has 2 aromatic carbocycles. The van der Waals surface area contributed by atoms with E-state index in [1.807, 2.05) is 12.1 Å². The first kappa shape index (κ1) is 17.3. The van der Waals surface area contributed by atoms with Gasteiger partial charge in [-0.2, -0.15) is 0 Å². The van der Waals surface area contributed by atoms with Crippen LogP contribution < -0.4 is 0 Å². The molecule has 0 saturated carbocycles. The lowest BCUT2D eigenvalue weighted by Crippen LogP contribution is -2.31. The second-order valence-corrected chi connectivity index (χ2v) is 8.92. The molecule has 0 atom stereocenters. The van der Waals surface area contributed by atoms with Crippen LogP contribution in [0.25, 0.3) is 10.9 Å². The SMILES string of the molecule is O=S(=O)(c1ccccc1)c1c[nH]c2cc(CCN3CCCCC3)ccc12. The van der Waals surface area contributed by atoms with Crippen LogP contribution in [0.2, 0.25) is 0 Å². The number of aromatic amines is 1.